The molecule has 2 aliphatic rings. The lowest BCUT2D eigenvalue weighted by Gasteiger charge is -2.22. The van der Waals surface area contributed by atoms with Gasteiger partial charge >= 0.3 is 0 Å². The number of nitro benzene ring substituents is 1. The minimum atomic E-state index is -3.84. The third-order valence-electron chi connectivity index (χ3n) is 4.48. The Morgan fingerprint density at radius 2 is 1.92 bits per heavy atom. The van der Waals surface area contributed by atoms with Gasteiger partial charge in [0.05, 0.1) is 22.0 Å². The molecule has 1 saturated carbocycles. The number of nitrogens with one attached hydrogen (secondary N) is 2. The minimum absolute atomic E-state index is 0.0105. The van der Waals surface area contributed by atoms with Crippen molar-refractivity contribution in [1.82, 2.24) is 4.72 Å². The number of rotatable bonds is 6. The van der Waals surface area contributed by atoms with Crippen LogP contribution in [-0.2, 0) is 14.8 Å². The van der Waals surface area contributed by atoms with E-state index in [1.165, 1.54) is 12.1 Å². The Hall–Kier alpha value is -1.71. The van der Waals surface area contributed by atoms with E-state index in [0.29, 0.717) is 18.2 Å². The van der Waals surface area contributed by atoms with Gasteiger partial charge < -0.3 is 10.1 Å². The molecule has 0 aromatic heterocycles. The molecule has 1 saturated heterocycles. The molecule has 0 amide bonds. The smallest absolute Gasteiger partial charge is 0.293 e. The molecule has 8 nitrogen and oxygen atoms in total. The highest BCUT2D eigenvalue weighted by Gasteiger charge is 2.41. The lowest BCUT2D eigenvalue weighted by Crippen LogP contribution is -2.40. The van der Waals surface area contributed by atoms with Gasteiger partial charge in [-0.2, -0.15) is 0 Å². The Bertz CT molecular complexity index is 799. The summed E-state index contributed by atoms with van der Waals surface area (Å²) < 4.78 is 33.2. The Kier molecular flexibility index (Phi) is 4.98. The van der Waals surface area contributed by atoms with Gasteiger partial charge in [0.15, 0.2) is 0 Å². The van der Waals surface area contributed by atoms with Crippen LogP contribution in [0.4, 0.5) is 11.4 Å². The van der Waals surface area contributed by atoms with Gasteiger partial charge in [-0.3, -0.25) is 10.1 Å². The molecule has 1 heterocycles. The fourth-order valence-electron chi connectivity index (χ4n) is 3.27. The fourth-order valence-corrected chi connectivity index (χ4v) is 4.71. The molecule has 26 heavy (non-hydrogen) atoms. The van der Waals surface area contributed by atoms with E-state index in [4.69, 9.17) is 4.74 Å². The van der Waals surface area contributed by atoms with Crippen LogP contribution in [0.25, 0.3) is 0 Å². The number of hydrogen-bond donors (Lipinski definition) is 2. The molecule has 1 aromatic carbocycles. The van der Waals surface area contributed by atoms with Crippen molar-refractivity contribution in [2.75, 3.05) is 11.9 Å². The van der Waals surface area contributed by atoms with E-state index in [2.05, 4.69) is 10.0 Å². The van der Waals surface area contributed by atoms with Crippen molar-refractivity contribution >= 4 is 21.4 Å². The molecule has 2 N–H and O–H groups in total. The number of hydrogen-bond acceptors (Lipinski definition) is 6. The number of sulfonamides is 1. The lowest BCUT2D eigenvalue weighted by atomic mass is 10.1. The van der Waals surface area contributed by atoms with Crippen molar-refractivity contribution < 1.29 is 18.1 Å². The monoisotopic (exact) mass is 383 g/mol. The molecular weight excluding hydrogens is 358 g/mol. The van der Waals surface area contributed by atoms with Crippen LogP contribution in [0.15, 0.2) is 23.1 Å². The van der Waals surface area contributed by atoms with E-state index in [0.717, 1.165) is 25.3 Å². The second-order valence-corrected chi connectivity index (χ2v) is 9.69. The second-order valence-electron chi connectivity index (χ2n) is 8.00. The topological polar surface area (TPSA) is 111 Å². The van der Waals surface area contributed by atoms with Crippen LogP contribution < -0.4 is 10.0 Å². The van der Waals surface area contributed by atoms with E-state index >= 15 is 0 Å². The van der Waals surface area contributed by atoms with Crippen LogP contribution in [-0.4, -0.2) is 37.6 Å². The molecule has 2 unspecified atom stereocenters. The molecule has 3 rings (SSSR count). The summed E-state index contributed by atoms with van der Waals surface area (Å²) in [6.07, 6.45) is 3.10. The number of benzene rings is 1. The van der Waals surface area contributed by atoms with Crippen LogP contribution in [0, 0.1) is 16.0 Å². The summed E-state index contributed by atoms with van der Waals surface area (Å²) in [5, 5.41) is 14.7. The maximum absolute atomic E-state index is 12.5. The molecular formula is C17H25N3O5S. The number of nitrogens with zero attached hydrogens (tertiary/aromatic N) is 1. The molecule has 0 bridgehead atoms. The maximum Gasteiger partial charge on any atom is 0.293 e. The summed E-state index contributed by atoms with van der Waals surface area (Å²) in [6, 6.07) is 3.98. The van der Waals surface area contributed by atoms with E-state index in [1.807, 2.05) is 0 Å². The van der Waals surface area contributed by atoms with Crippen LogP contribution in [0.1, 0.15) is 40.0 Å². The average molecular weight is 383 g/mol. The van der Waals surface area contributed by atoms with Gasteiger partial charge in [-0.1, -0.05) is 0 Å². The maximum atomic E-state index is 12.5. The highest BCUT2D eigenvalue weighted by molar-refractivity contribution is 7.89. The summed E-state index contributed by atoms with van der Waals surface area (Å²) in [4.78, 5) is 10.8. The first-order valence-corrected chi connectivity index (χ1v) is 10.3. The predicted octanol–water partition coefficient (Wildman–Crippen LogP) is 2.65. The molecule has 1 aliphatic carbocycles. The normalized spacial score (nSPS) is 23.8. The van der Waals surface area contributed by atoms with Crippen molar-refractivity contribution in [1.29, 1.82) is 0 Å². The van der Waals surface area contributed by atoms with Crippen LogP contribution >= 0.6 is 0 Å². The van der Waals surface area contributed by atoms with Crippen molar-refractivity contribution in [2.45, 2.75) is 62.6 Å². The van der Waals surface area contributed by atoms with Crippen molar-refractivity contribution in [3.63, 3.8) is 0 Å². The van der Waals surface area contributed by atoms with E-state index in [9.17, 15) is 18.5 Å². The summed E-state index contributed by atoms with van der Waals surface area (Å²) in [5.74, 6) is 0.518. The zero-order chi connectivity index (χ0) is 19.1. The largest absolute Gasteiger partial charge is 0.376 e. The Morgan fingerprint density at radius 3 is 2.50 bits per heavy atom. The molecule has 1 aromatic rings. The van der Waals surface area contributed by atoms with Gasteiger partial charge in [0, 0.05) is 18.2 Å². The molecule has 0 radical (unpaired) electrons. The quantitative estimate of drug-likeness (QED) is 0.577. The summed E-state index contributed by atoms with van der Waals surface area (Å²) in [6.45, 7) is 5.78. The van der Waals surface area contributed by atoms with Crippen LogP contribution in [0.2, 0.25) is 0 Å². The van der Waals surface area contributed by atoms with Gasteiger partial charge in [0.25, 0.3) is 5.69 Å². The van der Waals surface area contributed by atoms with Crippen molar-refractivity contribution in [2.24, 2.45) is 5.92 Å². The summed E-state index contributed by atoms with van der Waals surface area (Å²) in [5.41, 5.74) is -0.600. The first-order valence-electron chi connectivity index (χ1n) is 8.77. The van der Waals surface area contributed by atoms with Crippen LogP contribution in [0.5, 0.6) is 0 Å². The fraction of sp³-hybridized carbons (Fsp3) is 0.647. The van der Waals surface area contributed by atoms with Gasteiger partial charge in [0.1, 0.15) is 5.69 Å². The number of nitro groups is 1. The van der Waals surface area contributed by atoms with Crippen LogP contribution in [0.3, 0.4) is 0 Å². The molecule has 144 valence electrons. The Morgan fingerprint density at radius 1 is 1.23 bits per heavy atom. The highest BCUT2D eigenvalue weighted by atomic mass is 32.2. The lowest BCUT2D eigenvalue weighted by molar-refractivity contribution is -0.384. The summed E-state index contributed by atoms with van der Waals surface area (Å²) in [7, 11) is -3.84. The van der Waals surface area contributed by atoms with E-state index in [-0.39, 0.29) is 22.7 Å². The zero-order valence-corrected chi connectivity index (χ0v) is 16.0. The highest BCUT2D eigenvalue weighted by Crippen LogP contribution is 2.40. The minimum Gasteiger partial charge on any atom is -0.376 e. The van der Waals surface area contributed by atoms with Gasteiger partial charge in [0.2, 0.25) is 10.0 Å². The van der Waals surface area contributed by atoms with Gasteiger partial charge in [-0.25, -0.2) is 13.1 Å². The van der Waals surface area contributed by atoms with Gasteiger partial charge in [-0.05, 0) is 58.1 Å². The third kappa shape index (κ3) is 4.33. The summed E-state index contributed by atoms with van der Waals surface area (Å²) >= 11 is 0. The first kappa shape index (κ1) is 19.1. The standard InChI is InChI=1S/C17H25N3O5S/c1-17(2,3)19-26(23,24)12-6-7-13(15(10-12)20(21)22)18-14-8-9-25-16(14)11-4-5-11/h6-7,10-11,14,16,18-19H,4-5,8-9H2,1-3H3. The second kappa shape index (κ2) is 6.79. The predicted molar refractivity (Wildman–Crippen MR) is 97.7 cm³/mol. The SMILES string of the molecule is CC(C)(C)NS(=O)(=O)c1ccc(NC2CCOC2C2CC2)c([N+](=O)[O-])c1. The number of anilines is 1. The molecule has 9 heteroatoms. The average Bonchev–Trinajstić information content (AvgIpc) is 3.25. The van der Waals surface area contributed by atoms with E-state index in [1.54, 1.807) is 20.8 Å². The number of ether oxygens (including phenoxy) is 1. The Labute approximate surface area is 153 Å². The third-order valence-corrected chi connectivity index (χ3v) is 6.24. The first-order chi connectivity index (χ1) is 12.1. The zero-order valence-electron chi connectivity index (χ0n) is 15.2. The molecule has 1 aliphatic heterocycles. The van der Waals surface area contributed by atoms with Crippen molar-refractivity contribution in [3.05, 3.63) is 28.3 Å². The molecule has 2 atom stereocenters. The van der Waals surface area contributed by atoms with Crippen molar-refractivity contribution in [3.8, 4) is 0 Å². The van der Waals surface area contributed by atoms with E-state index < -0.39 is 20.5 Å². The van der Waals surface area contributed by atoms with Gasteiger partial charge in [-0.15, -0.1) is 0 Å². The Balaban J connectivity index is 1.86. The molecule has 2 fully saturated rings. The molecule has 0 spiro atoms.